The van der Waals surface area contributed by atoms with Crippen LogP contribution in [-0.2, 0) is 9.53 Å². The van der Waals surface area contributed by atoms with Crippen molar-refractivity contribution in [1.82, 2.24) is 9.97 Å². The number of benzene rings is 1. The zero-order valence-corrected chi connectivity index (χ0v) is 11.4. The maximum atomic E-state index is 11.2. The standard InChI is InChI=1S/C13H15N3O2S/c1-18-13(17)10(14)6-7-19-12-9-4-2-3-5-11(9)15-8-16-12/h2-5,8,10H,6-7,14H2,1H3. The molecule has 0 bridgehead atoms. The van der Waals surface area contributed by atoms with E-state index >= 15 is 0 Å². The summed E-state index contributed by atoms with van der Waals surface area (Å²) in [6.07, 6.45) is 2.10. The number of hydrogen-bond acceptors (Lipinski definition) is 6. The number of thioether (sulfide) groups is 1. The average molecular weight is 277 g/mol. The van der Waals surface area contributed by atoms with Crippen LogP contribution in [0.3, 0.4) is 0 Å². The van der Waals surface area contributed by atoms with E-state index in [2.05, 4.69) is 14.7 Å². The topological polar surface area (TPSA) is 78.1 Å². The summed E-state index contributed by atoms with van der Waals surface area (Å²) in [6, 6.07) is 7.25. The molecule has 1 aromatic carbocycles. The molecule has 2 aromatic rings. The van der Waals surface area contributed by atoms with Gasteiger partial charge in [-0.1, -0.05) is 18.2 Å². The van der Waals surface area contributed by atoms with Gasteiger partial charge in [-0.2, -0.15) is 0 Å². The Morgan fingerprint density at radius 2 is 2.21 bits per heavy atom. The van der Waals surface area contributed by atoms with E-state index in [1.165, 1.54) is 7.11 Å². The second kappa shape index (κ2) is 6.49. The van der Waals surface area contributed by atoms with Crippen LogP contribution in [0.1, 0.15) is 6.42 Å². The monoisotopic (exact) mass is 277 g/mol. The van der Waals surface area contributed by atoms with Crippen molar-refractivity contribution >= 4 is 28.6 Å². The van der Waals surface area contributed by atoms with Crippen molar-refractivity contribution in [1.29, 1.82) is 0 Å². The lowest BCUT2D eigenvalue weighted by Crippen LogP contribution is -2.31. The maximum absolute atomic E-state index is 11.2. The summed E-state index contributed by atoms with van der Waals surface area (Å²) in [5, 5.41) is 1.92. The van der Waals surface area contributed by atoms with E-state index in [-0.39, 0.29) is 5.97 Å². The zero-order chi connectivity index (χ0) is 13.7. The number of nitrogens with two attached hydrogens (primary N) is 1. The van der Waals surface area contributed by atoms with Gasteiger partial charge in [-0.25, -0.2) is 9.97 Å². The highest BCUT2D eigenvalue weighted by molar-refractivity contribution is 7.99. The summed E-state index contributed by atoms with van der Waals surface area (Å²) in [4.78, 5) is 19.7. The minimum atomic E-state index is -0.578. The van der Waals surface area contributed by atoms with E-state index in [9.17, 15) is 4.79 Å². The van der Waals surface area contributed by atoms with E-state index in [4.69, 9.17) is 5.73 Å². The Labute approximate surface area is 115 Å². The summed E-state index contributed by atoms with van der Waals surface area (Å²) in [5.74, 6) is 0.324. The predicted octanol–water partition coefficient (Wildman–Crippen LogP) is 1.61. The van der Waals surface area contributed by atoms with E-state index < -0.39 is 6.04 Å². The first-order valence-electron chi connectivity index (χ1n) is 5.88. The second-order valence-corrected chi connectivity index (χ2v) is 5.05. The number of methoxy groups -OCH3 is 1. The van der Waals surface area contributed by atoms with Crippen LogP contribution in [-0.4, -0.2) is 34.8 Å². The molecule has 6 heteroatoms. The van der Waals surface area contributed by atoms with Gasteiger partial charge in [0.2, 0.25) is 0 Å². The van der Waals surface area contributed by atoms with Gasteiger partial charge < -0.3 is 10.5 Å². The molecule has 1 atom stereocenters. The summed E-state index contributed by atoms with van der Waals surface area (Å²) in [5.41, 5.74) is 6.60. The minimum absolute atomic E-state index is 0.381. The molecule has 0 aliphatic heterocycles. The van der Waals surface area contributed by atoms with Crippen molar-refractivity contribution in [3.8, 4) is 0 Å². The maximum Gasteiger partial charge on any atom is 0.322 e. The van der Waals surface area contributed by atoms with Gasteiger partial charge >= 0.3 is 5.97 Å². The molecule has 1 heterocycles. The van der Waals surface area contributed by atoms with Gasteiger partial charge in [0.25, 0.3) is 0 Å². The van der Waals surface area contributed by atoms with Gasteiger partial charge in [0.1, 0.15) is 17.4 Å². The summed E-state index contributed by atoms with van der Waals surface area (Å²) >= 11 is 1.57. The highest BCUT2D eigenvalue weighted by Gasteiger charge is 2.13. The Balaban J connectivity index is 2.00. The molecular formula is C13H15N3O2S. The van der Waals surface area contributed by atoms with Crippen LogP contribution < -0.4 is 5.73 Å². The van der Waals surface area contributed by atoms with Crippen LogP contribution in [0.2, 0.25) is 0 Å². The van der Waals surface area contributed by atoms with Crippen molar-refractivity contribution in [2.45, 2.75) is 17.5 Å². The SMILES string of the molecule is COC(=O)C(N)CCSc1ncnc2ccccc12. The first-order valence-corrected chi connectivity index (χ1v) is 6.87. The van der Waals surface area contributed by atoms with Crippen LogP contribution >= 0.6 is 11.8 Å². The molecule has 1 unspecified atom stereocenters. The first kappa shape index (κ1) is 13.8. The molecule has 0 amide bonds. The van der Waals surface area contributed by atoms with Crippen molar-refractivity contribution in [2.24, 2.45) is 5.73 Å². The number of aromatic nitrogens is 2. The van der Waals surface area contributed by atoms with Gasteiger partial charge in [0, 0.05) is 11.1 Å². The molecule has 0 saturated carbocycles. The van der Waals surface area contributed by atoms with Gasteiger partial charge in [-0.15, -0.1) is 11.8 Å². The fraction of sp³-hybridized carbons (Fsp3) is 0.308. The quantitative estimate of drug-likeness (QED) is 0.508. The van der Waals surface area contributed by atoms with Crippen LogP contribution in [0.4, 0.5) is 0 Å². The fourth-order valence-corrected chi connectivity index (χ4v) is 2.66. The molecule has 5 nitrogen and oxygen atoms in total. The zero-order valence-electron chi connectivity index (χ0n) is 10.6. The first-order chi connectivity index (χ1) is 9.22. The Morgan fingerprint density at radius 3 is 3.00 bits per heavy atom. The van der Waals surface area contributed by atoms with Crippen molar-refractivity contribution < 1.29 is 9.53 Å². The van der Waals surface area contributed by atoms with Gasteiger partial charge in [0.05, 0.1) is 12.6 Å². The molecule has 0 radical (unpaired) electrons. The molecule has 19 heavy (non-hydrogen) atoms. The van der Waals surface area contributed by atoms with Crippen LogP contribution in [0.25, 0.3) is 10.9 Å². The number of carbonyl (C=O) groups excluding carboxylic acids is 1. The molecular weight excluding hydrogens is 262 g/mol. The number of hydrogen-bond donors (Lipinski definition) is 1. The van der Waals surface area contributed by atoms with Crippen molar-refractivity contribution in [2.75, 3.05) is 12.9 Å². The number of ether oxygens (including phenoxy) is 1. The summed E-state index contributed by atoms with van der Waals surface area (Å²) < 4.78 is 4.59. The number of nitrogens with zero attached hydrogens (tertiary/aromatic N) is 2. The van der Waals surface area contributed by atoms with E-state index in [0.29, 0.717) is 12.2 Å². The second-order valence-electron chi connectivity index (χ2n) is 3.96. The predicted molar refractivity (Wildman–Crippen MR) is 74.9 cm³/mol. The highest BCUT2D eigenvalue weighted by Crippen LogP contribution is 2.24. The molecule has 0 fully saturated rings. The number of para-hydroxylation sites is 1. The van der Waals surface area contributed by atoms with Crippen LogP contribution in [0.15, 0.2) is 35.6 Å². The summed E-state index contributed by atoms with van der Waals surface area (Å²) in [6.45, 7) is 0. The van der Waals surface area contributed by atoms with Gasteiger partial charge in [-0.3, -0.25) is 4.79 Å². The lowest BCUT2D eigenvalue weighted by Gasteiger charge is -2.09. The molecule has 2 rings (SSSR count). The smallest absolute Gasteiger partial charge is 0.322 e. The number of esters is 1. The normalized spacial score (nSPS) is 12.3. The van der Waals surface area contributed by atoms with E-state index in [0.717, 1.165) is 15.9 Å². The largest absolute Gasteiger partial charge is 0.468 e. The molecule has 2 N–H and O–H groups in total. The lowest BCUT2D eigenvalue weighted by atomic mass is 10.2. The average Bonchev–Trinajstić information content (AvgIpc) is 2.46. The Kier molecular flexibility index (Phi) is 4.70. The Morgan fingerprint density at radius 1 is 1.42 bits per heavy atom. The number of carbonyl (C=O) groups is 1. The third-order valence-electron chi connectivity index (χ3n) is 2.68. The number of fused-ring (bicyclic) bond motifs is 1. The highest BCUT2D eigenvalue weighted by atomic mass is 32.2. The van der Waals surface area contributed by atoms with Crippen molar-refractivity contribution in [3.63, 3.8) is 0 Å². The van der Waals surface area contributed by atoms with Crippen LogP contribution in [0, 0.1) is 0 Å². The molecule has 0 aliphatic carbocycles. The molecule has 0 aliphatic rings. The third-order valence-corrected chi connectivity index (χ3v) is 3.72. The lowest BCUT2D eigenvalue weighted by molar-refractivity contribution is -0.142. The molecule has 100 valence electrons. The molecule has 0 saturated heterocycles. The van der Waals surface area contributed by atoms with Gasteiger partial charge in [-0.05, 0) is 12.5 Å². The Bertz CT molecular complexity index is 571. The van der Waals surface area contributed by atoms with Crippen molar-refractivity contribution in [3.05, 3.63) is 30.6 Å². The molecule has 0 spiro atoms. The fourth-order valence-electron chi connectivity index (χ4n) is 1.65. The van der Waals surface area contributed by atoms with E-state index in [1.807, 2.05) is 24.3 Å². The third kappa shape index (κ3) is 3.42. The minimum Gasteiger partial charge on any atom is -0.468 e. The van der Waals surface area contributed by atoms with E-state index in [1.54, 1.807) is 18.1 Å². The summed E-state index contributed by atoms with van der Waals surface area (Å²) in [7, 11) is 1.34. The Hall–Kier alpha value is -1.66. The van der Waals surface area contributed by atoms with Crippen LogP contribution in [0.5, 0.6) is 0 Å². The molecule has 1 aromatic heterocycles. The number of rotatable bonds is 5. The van der Waals surface area contributed by atoms with Gasteiger partial charge in [0.15, 0.2) is 0 Å².